The van der Waals surface area contributed by atoms with Crippen LogP contribution in [0.3, 0.4) is 0 Å². The molecule has 0 aliphatic heterocycles. The molecule has 2 saturated carbocycles. The SMILES string of the molecule is Cc1c(F)cc(C(=O)NC2CC2)cc1-c1ccn2c(C3CCCCC3)nnc2c1. The van der Waals surface area contributed by atoms with Gasteiger partial charge >= 0.3 is 0 Å². The first-order valence-corrected chi connectivity index (χ1v) is 10.6. The highest BCUT2D eigenvalue weighted by Gasteiger charge is 2.25. The minimum Gasteiger partial charge on any atom is -0.349 e. The molecule has 150 valence electrons. The van der Waals surface area contributed by atoms with Gasteiger partial charge in [-0.3, -0.25) is 9.20 Å². The van der Waals surface area contributed by atoms with Crippen molar-refractivity contribution in [3.8, 4) is 11.1 Å². The van der Waals surface area contributed by atoms with E-state index < -0.39 is 0 Å². The highest BCUT2D eigenvalue weighted by atomic mass is 19.1. The van der Waals surface area contributed by atoms with Crippen LogP contribution in [-0.4, -0.2) is 26.5 Å². The number of amides is 1. The van der Waals surface area contributed by atoms with E-state index in [4.69, 9.17) is 0 Å². The van der Waals surface area contributed by atoms with Crippen LogP contribution in [0.5, 0.6) is 0 Å². The number of nitrogens with zero attached hydrogens (tertiary/aromatic N) is 3. The molecule has 0 bridgehead atoms. The Morgan fingerprint density at radius 3 is 2.66 bits per heavy atom. The summed E-state index contributed by atoms with van der Waals surface area (Å²) in [5.41, 5.74) is 3.22. The van der Waals surface area contributed by atoms with Gasteiger partial charge in [-0.1, -0.05) is 19.3 Å². The van der Waals surface area contributed by atoms with E-state index in [1.807, 2.05) is 18.3 Å². The Balaban J connectivity index is 1.51. The third-order valence-corrected chi connectivity index (χ3v) is 6.24. The van der Waals surface area contributed by atoms with Crippen molar-refractivity contribution in [2.24, 2.45) is 0 Å². The lowest BCUT2D eigenvalue weighted by Gasteiger charge is -2.19. The quantitative estimate of drug-likeness (QED) is 0.695. The number of hydrogen-bond donors (Lipinski definition) is 1. The van der Waals surface area contributed by atoms with Gasteiger partial charge in [-0.05, 0) is 73.6 Å². The molecule has 1 amide bonds. The van der Waals surface area contributed by atoms with Gasteiger partial charge in [0.05, 0.1) is 0 Å². The van der Waals surface area contributed by atoms with Crippen LogP contribution in [-0.2, 0) is 0 Å². The lowest BCUT2D eigenvalue weighted by molar-refractivity contribution is 0.0950. The fourth-order valence-corrected chi connectivity index (χ4v) is 4.32. The third kappa shape index (κ3) is 3.52. The molecule has 0 atom stereocenters. The summed E-state index contributed by atoms with van der Waals surface area (Å²) >= 11 is 0. The summed E-state index contributed by atoms with van der Waals surface area (Å²) in [5, 5.41) is 11.8. The molecule has 5 rings (SSSR count). The van der Waals surface area contributed by atoms with E-state index in [2.05, 4.69) is 19.9 Å². The number of rotatable bonds is 4. The van der Waals surface area contributed by atoms with Crippen molar-refractivity contribution in [2.45, 2.75) is 63.8 Å². The second-order valence-corrected chi connectivity index (χ2v) is 8.42. The zero-order valence-electron chi connectivity index (χ0n) is 16.6. The first kappa shape index (κ1) is 18.3. The van der Waals surface area contributed by atoms with Crippen LogP contribution in [0, 0.1) is 12.7 Å². The van der Waals surface area contributed by atoms with Crippen molar-refractivity contribution in [2.75, 3.05) is 0 Å². The second-order valence-electron chi connectivity index (χ2n) is 8.42. The van der Waals surface area contributed by atoms with E-state index in [1.54, 1.807) is 13.0 Å². The zero-order chi connectivity index (χ0) is 20.0. The number of benzene rings is 1. The van der Waals surface area contributed by atoms with Gasteiger partial charge < -0.3 is 5.32 Å². The smallest absolute Gasteiger partial charge is 0.251 e. The van der Waals surface area contributed by atoms with Crippen molar-refractivity contribution >= 4 is 11.6 Å². The number of carbonyl (C=O) groups excluding carboxylic acids is 1. The number of halogens is 1. The number of nitrogens with one attached hydrogen (secondary N) is 1. The molecule has 3 aromatic rings. The molecule has 0 radical (unpaired) electrons. The molecule has 2 fully saturated rings. The van der Waals surface area contributed by atoms with E-state index in [0.717, 1.165) is 48.3 Å². The summed E-state index contributed by atoms with van der Waals surface area (Å²) in [7, 11) is 0. The van der Waals surface area contributed by atoms with Crippen LogP contribution in [0.15, 0.2) is 30.5 Å². The molecule has 29 heavy (non-hydrogen) atoms. The summed E-state index contributed by atoms with van der Waals surface area (Å²) < 4.78 is 16.6. The van der Waals surface area contributed by atoms with Gasteiger partial charge in [0, 0.05) is 23.7 Å². The minimum absolute atomic E-state index is 0.212. The average Bonchev–Trinajstić information content (AvgIpc) is 3.45. The maximum Gasteiger partial charge on any atom is 0.251 e. The third-order valence-electron chi connectivity index (χ3n) is 6.24. The number of aromatic nitrogens is 3. The normalized spacial score (nSPS) is 17.6. The molecule has 2 heterocycles. The summed E-state index contributed by atoms with van der Waals surface area (Å²) in [5.74, 6) is 0.897. The van der Waals surface area contributed by atoms with Gasteiger partial charge in [-0.2, -0.15) is 0 Å². The van der Waals surface area contributed by atoms with Gasteiger partial charge in [0.2, 0.25) is 0 Å². The fourth-order valence-electron chi connectivity index (χ4n) is 4.32. The zero-order valence-corrected chi connectivity index (χ0v) is 16.6. The summed E-state index contributed by atoms with van der Waals surface area (Å²) in [4.78, 5) is 12.4. The Labute approximate surface area is 169 Å². The van der Waals surface area contributed by atoms with E-state index in [-0.39, 0.29) is 17.8 Å². The molecule has 2 aliphatic carbocycles. The average molecular weight is 392 g/mol. The monoisotopic (exact) mass is 392 g/mol. The van der Waals surface area contributed by atoms with Crippen LogP contribution in [0.25, 0.3) is 16.8 Å². The molecular weight excluding hydrogens is 367 g/mol. The van der Waals surface area contributed by atoms with Crippen LogP contribution in [0.2, 0.25) is 0 Å². The first-order chi connectivity index (χ1) is 14.1. The molecule has 2 aromatic heterocycles. The predicted octanol–water partition coefficient (Wildman–Crippen LogP) is 4.78. The number of fused-ring (bicyclic) bond motifs is 1. The Hall–Kier alpha value is -2.76. The Bertz CT molecular complexity index is 1080. The molecule has 0 unspecified atom stereocenters. The Morgan fingerprint density at radius 1 is 1.10 bits per heavy atom. The summed E-state index contributed by atoms with van der Waals surface area (Å²) in [6, 6.07) is 7.24. The minimum atomic E-state index is -0.368. The van der Waals surface area contributed by atoms with Crippen LogP contribution in [0.4, 0.5) is 4.39 Å². The second kappa shape index (κ2) is 7.25. The van der Waals surface area contributed by atoms with E-state index in [1.165, 1.54) is 25.3 Å². The van der Waals surface area contributed by atoms with Crippen LogP contribution in [0.1, 0.15) is 72.6 Å². The van der Waals surface area contributed by atoms with Gasteiger partial charge in [0.15, 0.2) is 5.65 Å². The summed E-state index contributed by atoms with van der Waals surface area (Å²) in [6.07, 6.45) is 10.1. The number of pyridine rings is 1. The van der Waals surface area contributed by atoms with Crippen LogP contribution >= 0.6 is 0 Å². The van der Waals surface area contributed by atoms with Gasteiger partial charge in [-0.25, -0.2) is 4.39 Å². The molecule has 5 nitrogen and oxygen atoms in total. The summed E-state index contributed by atoms with van der Waals surface area (Å²) in [6.45, 7) is 1.74. The lowest BCUT2D eigenvalue weighted by Crippen LogP contribution is -2.25. The standard InChI is InChI=1S/C23H25FN4O/c1-14-19(11-17(12-20(14)24)23(29)25-18-7-8-18)16-9-10-28-21(13-16)26-27-22(28)15-5-3-2-4-6-15/h9-13,15,18H,2-8H2,1H3,(H,25,29). The van der Waals surface area contributed by atoms with Crippen molar-refractivity contribution in [1.29, 1.82) is 0 Å². The Morgan fingerprint density at radius 2 is 1.90 bits per heavy atom. The van der Waals surface area contributed by atoms with E-state index in [9.17, 15) is 9.18 Å². The highest BCUT2D eigenvalue weighted by Crippen LogP contribution is 2.33. The maximum atomic E-state index is 14.6. The Kier molecular flexibility index (Phi) is 4.57. The topological polar surface area (TPSA) is 59.3 Å². The number of carbonyl (C=O) groups is 1. The fraction of sp³-hybridized carbons (Fsp3) is 0.435. The number of hydrogen-bond acceptors (Lipinski definition) is 3. The van der Waals surface area contributed by atoms with Crippen molar-refractivity contribution in [3.05, 3.63) is 53.2 Å². The molecular formula is C23H25FN4O. The molecule has 2 aliphatic rings. The van der Waals surface area contributed by atoms with E-state index in [0.29, 0.717) is 17.0 Å². The van der Waals surface area contributed by atoms with Crippen molar-refractivity contribution in [3.63, 3.8) is 0 Å². The highest BCUT2D eigenvalue weighted by molar-refractivity contribution is 5.96. The largest absolute Gasteiger partial charge is 0.349 e. The van der Waals surface area contributed by atoms with Gasteiger partial charge in [0.25, 0.3) is 5.91 Å². The molecule has 1 aromatic carbocycles. The maximum absolute atomic E-state index is 14.6. The van der Waals surface area contributed by atoms with Crippen LogP contribution < -0.4 is 5.32 Å². The van der Waals surface area contributed by atoms with E-state index >= 15 is 0 Å². The molecule has 1 N–H and O–H groups in total. The van der Waals surface area contributed by atoms with Crippen molar-refractivity contribution in [1.82, 2.24) is 19.9 Å². The predicted molar refractivity (Wildman–Crippen MR) is 109 cm³/mol. The first-order valence-electron chi connectivity index (χ1n) is 10.6. The molecule has 0 saturated heterocycles. The van der Waals surface area contributed by atoms with Gasteiger partial charge in [-0.15, -0.1) is 10.2 Å². The molecule has 6 heteroatoms. The molecule has 0 spiro atoms. The van der Waals surface area contributed by atoms with Gasteiger partial charge in [0.1, 0.15) is 11.6 Å². The lowest BCUT2D eigenvalue weighted by atomic mass is 9.89. The van der Waals surface area contributed by atoms with Crippen molar-refractivity contribution < 1.29 is 9.18 Å².